The lowest BCUT2D eigenvalue weighted by molar-refractivity contribution is -0.139. The van der Waals surface area contributed by atoms with Gasteiger partial charge in [0.2, 0.25) is 17.7 Å². The topological polar surface area (TPSA) is 67.3 Å². The van der Waals surface area contributed by atoms with Gasteiger partial charge in [-0.15, -0.1) is 0 Å². The Balaban J connectivity index is 2.07. The SMILES string of the molecule is COc1ccnc(N2CCCC2C(=O)NCC(F)(F)F)n1. The lowest BCUT2D eigenvalue weighted by atomic mass is 10.2. The molecule has 0 aliphatic carbocycles. The van der Waals surface area contributed by atoms with Crippen LogP contribution in [0.25, 0.3) is 0 Å². The summed E-state index contributed by atoms with van der Waals surface area (Å²) >= 11 is 0. The summed E-state index contributed by atoms with van der Waals surface area (Å²) in [6, 6.07) is 0.859. The summed E-state index contributed by atoms with van der Waals surface area (Å²) in [6.07, 6.45) is -1.80. The third-order valence-electron chi connectivity index (χ3n) is 3.10. The molecule has 0 aromatic carbocycles. The van der Waals surface area contributed by atoms with Crippen molar-refractivity contribution in [2.75, 3.05) is 25.1 Å². The largest absolute Gasteiger partial charge is 0.481 e. The number of rotatable bonds is 4. The van der Waals surface area contributed by atoms with Crippen molar-refractivity contribution in [3.8, 4) is 5.88 Å². The van der Waals surface area contributed by atoms with E-state index in [0.717, 1.165) is 0 Å². The minimum atomic E-state index is -4.43. The molecule has 1 aromatic heterocycles. The number of methoxy groups -OCH3 is 1. The maximum Gasteiger partial charge on any atom is 0.405 e. The van der Waals surface area contributed by atoms with Crippen LogP contribution >= 0.6 is 0 Å². The minimum Gasteiger partial charge on any atom is -0.481 e. The maximum atomic E-state index is 12.2. The highest BCUT2D eigenvalue weighted by atomic mass is 19.4. The molecule has 6 nitrogen and oxygen atoms in total. The molecule has 2 rings (SSSR count). The van der Waals surface area contributed by atoms with Gasteiger partial charge in [-0.3, -0.25) is 4.79 Å². The zero-order valence-electron chi connectivity index (χ0n) is 11.4. The number of nitrogens with zero attached hydrogens (tertiary/aromatic N) is 3. The molecule has 0 saturated carbocycles. The van der Waals surface area contributed by atoms with E-state index in [1.807, 2.05) is 5.32 Å². The number of aromatic nitrogens is 2. The molecule has 1 saturated heterocycles. The number of alkyl halides is 3. The Bertz CT molecular complexity index is 510. The number of anilines is 1. The number of hydrogen-bond donors (Lipinski definition) is 1. The van der Waals surface area contributed by atoms with Gasteiger partial charge in [0.1, 0.15) is 12.6 Å². The van der Waals surface area contributed by atoms with Crippen molar-refractivity contribution in [3.63, 3.8) is 0 Å². The third kappa shape index (κ3) is 3.96. The molecule has 1 unspecified atom stereocenters. The highest BCUT2D eigenvalue weighted by Crippen LogP contribution is 2.24. The van der Waals surface area contributed by atoms with Crippen LogP contribution in [0.15, 0.2) is 12.3 Å². The van der Waals surface area contributed by atoms with Crippen LogP contribution in [-0.2, 0) is 4.79 Å². The average Bonchev–Trinajstić information content (AvgIpc) is 2.93. The van der Waals surface area contributed by atoms with Crippen molar-refractivity contribution in [2.24, 2.45) is 0 Å². The predicted molar refractivity (Wildman–Crippen MR) is 68.0 cm³/mol. The molecular formula is C12H15F3N4O2. The minimum absolute atomic E-state index is 0.277. The van der Waals surface area contributed by atoms with Gasteiger partial charge in [0.05, 0.1) is 7.11 Å². The second-order valence-corrected chi connectivity index (χ2v) is 4.58. The molecule has 1 aromatic rings. The van der Waals surface area contributed by atoms with E-state index in [4.69, 9.17) is 4.74 Å². The van der Waals surface area contributed by atoms with Crippen molar-refractivity contribution in [1.82, 2.24) is 15.3 Å². The van der Waals surface area contributed by atoms with Crippen LogP contribution < -0.4 is 15.0 Å². The van der Waals surface area contributed by atoms with E-state index in [2.05, 4.69) is 9.97 Å². The number of hydrogen-bond acceptors (Lipinski definition) is 5. The molecule has 116 valence electrons. The van der Waals surface area contributed by atoms with E-state index in [-0.39, 0.29) is 5.95 Å². The van der Waals surface area contributed by atoms with Gasteiger partial charge in [0.15, 0.2) is 0 Å². The van der Waals surface area contributed by atoms with Gasteiger partial charge in [-0.05, 0) is 12.8 Å². The van der Waals surface area contributed by atoms with Crippen molar-refractivity contribution < 1.29 is 22.7 Å². The molecule has 0 radical (unpaired) electrons. The van der Waals surface area contributed by atoms with E-state index in [1.165, 1.54) is 13.3 Å². The fraction of sp³-hybridized carbons (Fsp3) is 0.583. The summed E-state index contributed by atoms with van der Waals surface area (Å²) in [6.45, 7) is -0.827. The zero-order valence-corrected chi connectivity index (χ0v) is 11.4. The number of halogens is 3. The fourth-order valence-corrected chi connectivity index (χ4v) is 2.17. The van der Waals surface area contributed by atoms with Gasteiger partial charge in [-0.2, -0.15) is 18.2 Å². The normalized spacial score (nSPS) is 18.7. The highest BCUT2D eigenvalue weighted by Gasteiger charge is 2.35. The van der Waals surface area contributed by atoms with Gasteiger partial charge in [-0.25, -0.2) is 4.98 Å². The third-order valence-corrected chi connectivity index (χ3v) is 3.10. The Morgan fingerprint density at radius 2 is 2.33 bits per heavy atom. The first-order chi connectivity index (χ1) is 9.90. The van der Waals surface area contributed by atoms with Crippen molar-refractivity contribution >= 4 is 11.9 Å². The van der Waals surface area contributed by atoms with Gasteiger partial charge >= 0.3 is 6.18 Å². The molecule has 1 aliphatic heterocycles. The first-order valence-corrected chi connectivity index (χ1v) is 6.39. The summed E-state index contributed by atoms with van der Waals surface area (Å²) < 4.78 is 41.4. The number of ether oxygens (including phenoxy) is 1. The number of nitrogens with one attached hydrogen (secondary N) is 1. The molecule has 1 fully saturated rings. The van der Waals surface area contributed by atoms with Gasteiger partial charge in [0, 0.05) is 18.8 Å². The Hall–Kier alpha value is -2.06. The lowest BCUT2D eigenvalue weighted by Crippen LogP contribution is -2.46. The predicted octanol–water partition coefficient (Wildman–Crippen LogP) is 1.13. The zero-order chi connectivity index (χ0) is 15.5. The Kier molecular flexibility index (Phi) is 4.49. The monoisotopic (exact) mass is 304 g/mol. The van der Waals surface area contributed by atoms with Crippen LogP contribution in [-0.4, -0.2) is 48.3 Å². The van der Waals surface area contributed by atoms with E-state index in [1.54, 1.807) is 11.0 Å². The van der Waals surface area contributed by atoms with Gasteiger partial charge < -0.3 is 15.0 Å². The molecule has 0 bridgehead atoms. The van der Waals surface area contributed by atoms with Crippen LogP contribution in [0.5, 0.6) is 5.88 Å². The van der Waals surface area contributed by atoms with E-state index in [9.17, 15) is 18.0 Å². The van der Waals surface area contributed by atoms with Crippen LogP contribution in [0.2, 0.25) is 0 Å². The summed E-state index contributed by atoms with van der Waals surface area (Å²) in [5.41, 5.74) is 0. The first-order valence-electron chi connectivity index (χ1n) is 6.39. The second-order valence-electron chi connectivity index (χ2n) is 4.58. The number of amides is 1. The van der Waals surface area contributed by atoms with Crippen LogP contribution in [0, 0.1) is 0 Å². The molecule has 2 heterocycles. The number of carbonyl (C=O) groups is 1. The molecule has 1 aliphatic rings. The van der Waals surface area contributed by atoms with Crippen molar-refractivity contribution in [3.05, 3.63) is 12.3 Å². The summed E-state index contributed by atoms with van der Waals surface area (Å²) in [5, 5.41) is 1.90. The van der Waals surface area contributed by atoms with Crippen molar-refractivity contribution in [2.45, 2.75) is 25.1 Å². The fourth-order valence-electron chi connectivity index (χ4n) is 2.17. The van der Waals surface area contributed by atoms with E-state index < -0.39 is 24.7 Å². The molecule has 21 heavy (non-hydrogen) atoms. The molecule has 9 heteroatoms. The summed E-state index contributed by atoms with van der Waals surface area (Å²) in [4.78, 5) is 21.6. The Labute approximate surface area is 119 Å². The van der Waals surface area contributed by atoms with Crippen LogP contribution in [0.4, 0.5) is 19.1 Å². The molecular weight excluding hydrogens is 289 g/mol. The Morgan fingerprint density at radius 3 is 3.00 bits per heavy atom. The molecule has 0 spiro atoms. The van der Waals surface area contributed by atoms with E-state index in [0.29, 0.717) is 25.3 Å². The second kappa shape index (κ2) is 6.15. The summed E-state index contributed by atoms with van der Waals surface area (Å²) in [7, 11) is 1.45. The summed E-state index contributed by atoms with van der Waals surface area (Å²) in [5.74, 6) is -0.0587. The Morgan fingerprint density at radius 1 is 1.57 bits per heavy atom. The molecule has 1 N–H and O–H groups in total. The van der Waals surface area contributed by atoms with Gasteiger partial charge in [0.25, 0.3) is 0 Å². The quantitative estimate of drug-likeness (QED) is 0.903. The highest BCUT2D eigenvalue weighted by molar-refractivity contribution is 5.85. The molecule has 1 atom stereocenters. The van der Waals surface area contributed by atoms with Gasteiger partial charge in [-0.1, -0.05) is 0 Å². The van der Waals surface area contributed by atoms with Crippen molar-refractivity contribution in [1.29, 1.82) is 0 Å². The van der Waals surface area contributed by atoms with Crippen LogP contribution in [0.3, 0.4) is 0 Å². The number of carbonyl (C=O) groups excluding carboxylic acids is 1. The standard InChI is InChI=1S/C12H15F3N4O2/c1-21-9-4-5-16-11(18-9)19-6-2-3-8(19)10(20)17-7-12(13,14)15/h4-5,8H,2-3,6-7H2,1H3,(H,17,20). The molecule has 1 amide bonds. The smallest absolute Gasteiger partial charge is 0.405 e. The maximum absolute atomic E-state index is 12.2. The average molecular weight is 304 g/mol. The van der Waals surface area contributed by atoms with Crippen LogP contribution in [0.1, 0.15) is 12.8 Å². The lowest BCUT2D eigenvalue weighted by Gasteiger charge is -2.24. The first kappa shape index (κ1) is 15.3. The van der Waals surface area contributed by atoms with E-state index >= 15 is 0 Å².